The van der Waals surface area contributed by atoms with Crippen LogP contribution in [0.3, 0.4) is 0 Å². The lowest BCUT2D eigenvalue weighted by atomic mass is 9.70. The zero-order valence-electron chi connectivity index (χ0n) is 32.5. The molecular formula is C58H38. The van der Waals surface area contributed by atoms with E-state index in [1.165, 1.54) is 121 Å². The Kier molecular flexibility index (Phi) is 6.26. The molecule has 3 aliphatic rings. The molecule has 0 heterocycles. The van der Waals surface area contributed by atoms with Crippen LogP contribution in [0.25, 0.3) is 88.0 Å². The van der Waals surface area contributed by atoms with Crippen LogP contribution in [0.1, 0.15) is 47.2 Å². The molecule has 58 heavy (non-hydrogen) atoms. The molecule has 10 aromatic carbocycles. The molecule has 0 unspecified atom stereocenters. The van der Waals surface area contributed by atoms with Gasteiger partial charge in [-0.25, -0.2) is 0 Å². The van der Waals surface area contributed by atoms with Gasteiger partial charge in [-0.2, -0.15) is 0 Å². The van der Waals surface area contributed by atoms with Crippen molar-refractivity contribution in [1.29, 1.82) is 0 Å². The van der Waals surface area contributed by atoms with E-state index in [2.05, 4.69) is 208 Å². The molecule has 0 amide bonds. The Balaban J connectivity index is 1.12. The molecule has 0 heteroatoms. The Bertz CT molecular complexity index is 3310. The van der Waals surface area contributed by atoms with Crippen molar-refractivity contribution < 1.29 is 0 Å². The van der Waals surface area contributed by atoms with Crippen LogP contribution in [0, 0.1) is 0 Å². The summed E-state index contributed by atoms with van der Waals surface area (Å²) in [6, 6.07) is 73.6. The van der Waals surface area contributed by atoms with E-state index in [0.29, 0.717) is 0 Å². The third kappa shape index (κ3) is 3.86. The molecule has 1 spiro atoms. The minimum absolute atomic E-state index is 0.119. The normalized spacial score (nSPS) is 14.7. The molecule has 0 aromatic heterocycles. The number of benzene rings is 10. The molecule has 0 aliphatic heterocycles. The van der Waals surface area contributed by atoms with Crippen LogP contribution in [0.2, 0.25) is 0 Å². The van der Waals surface area contributed by atoms with Gasteiger partial charge < -0.3 is 0 Å². The smallest absolute Gasteiger partial charge is 0.0619 e. The topological polar surface area (TPSA) is 0 Å². The lowest BCUT2D eigenvalue weighted by molar-refractivity contribution is 0.661. The zero-order chi connectivity index (χ0) is 38.3. The van der Waals surface area contributed by atoms with Crippen LogP contribution in [0.5, 0.6) is 0 Å². The predicted molar refractivity (Wildman–Crippen MR) is 244 cm³/mol. The van der Waals surface area contributed by atoms with Gasteiger partial charge in [0.1, 0.15) is 0 Å². The Labute approximate surface area is 338 Å². The molecule has 0 bridgehead atoms. The van der Waals surface area contributed by atoms with Crippen molar-refractivity contribution >= 4 is 32.3 Å². The van der Waals surface area contributed by atoms with Gasteiger partial charge in [0.05, 0.1) is 5.41 Å². The molecule has 0 atom stereocenters. The molecule has 0 saturated carbocycles. The maximum atomic E-state index is 2.55. The van der Waals surface area contributed by atoms with Gasteiger partial charge in [-0.15, -0.1) is 0 Å². The van der Waals surface area contributed by atoms with Gasteiger partial charge in [0, 0.05) is 5.41 Å². The van der Waals surface area contributed by atoms with Crippen LogP contribution >= 0.6 is 0 Å². The Hall–Kier alpha value is -7.02. The Morgan fingerprint density at radius 2 is 0.655 bits per heavy atom. The summed E-state index contributed by atoms with van der Waals surface area (Å²) in [4.78, 5) is 0. The van der Waals surface area contributed by atoms with E-state index in [-0.39, 0.29) is 5.41 Å². The largest absolute Gasteiger partial charge is 0.0725 e. The van der Waals surface area contributed by atoms with Crippen molar-refractivity contribution in [3.63, 3.8) is 0 Å². The van der Waals surface area contributed by atoms with E-state index < -0.39 is 5.41 Å². The minimum atomic E-state index is -0.394. The first kappa shape index (κ1) is 32.1. The summed E-state index contributed by atoms with van der Waals surface area (Å²) in [7, 11) is 0. The first-order chi connectivity index (χ1) is 28.6. The lowest BCUT2D eigenvalue weighted by Crippen LogP contribution is -2.25. The van der Waals surface area contributed by atoms with Crippen molar-refractivity contribution in [2.45, 2.75) is 24.7 Å². The van der Waals surface area contributed by atoms with E-state index in [0.717, 1.165) is 0 Å². The highest BCUT2D eigenvalue weighted by molar-refractivity contribution is 6.24. The van der Waals surface area contributed by atoms with Gasteiger partial charge >= 0.3 is 0 Å². The van der Waals surface area contributed by atoms with E-state index in [4.69, 9.17) is 0 Å². The summed E-state index contributed by atoms with van der Waals surface area (Å²) in [5, 5.41) is 7.74. The van der Waals surface area contributed by atoms with Crippen molar-refractivity contribution in [3.8, 4) is 55.6 Å². The summed E-state index contributed by atoms with van der Waals surface area (Å²) in [6.07, 6.45) is 0. The average Bonchev–Trinajstić information content (AvgIpc) is 3.83. The number of fused-ring (bicyclic) bond motifs is 17. The van der Waals surface area contributed by atoms with E-state index in [1.54, 1.807) is 0 Å². The van der Waals surface area contributed by atoms with Gasteiger partial charge in [-0.1, -0.05) is 196 Å². The number of hydrogen-bond donors (Lipinski definition) is 0. The van der Waals surface area contributed by atoms with Crippen molar-refractivity contribution in [3.05, 3.63) is 228 Å². The molecule has 13 rings (SSSR count). The Morgan fingerprint density at radius 1 is 0.259 bits per heavy atom. The van der Waals surface area contributed by atoms with Gasteiger partial charge in [0.15, 0.2) is 0 Å². The SMILES string of the molecule is CC1(C)c2ccccc2-c2c1cc(-c1c3ccccc3c(-c3ccc4c(c3)C3(c5ccccc5-c5ccccc53)c3ccccc3-4)c3ccccc13)c1ccccc21. The second kappa shape index (κ2) is 11.3. The standard InChI is InChI=1S/C58H38/c1-57(2)48-27-13-12-26-46(48)56-41-21-4-3-17-36(41)47(34-53(56)57)55-44-24-7-5-22-42(44)54(43-23-6-8-25-45(43)55)35-31-32-40-39-20-11-16-30-51(39)58(52(40)33-35)49-28-14-9-18-37(49)38-19-10-15-29-50(38)58/h3-34H,1-2H3. The van der Waals surface area contributed by atoms with Crippen LogP contribution in [0.15, 0.2) is 194 Å². The Morgan fingerprint density at radius 3 is 1.19 bits per heavy atom. The van der Waals surface area contributed by atoms with E-state index >= 15 is 0 Å². The van der Waals surface area contributed by atoms with E-state index in [1.807, 2.05) is 0 Å². The quantitative estimate of drug-likeness (QED) is 0.155. The zero-order valence-corrected chi connectivity index (χ0v) is 32.5. The molecule has 270 valence electrons. The fraction of sp³-hybridized carbons (Fsp3) is 0.0690. The summed E-state index contributed by atoms with van der Waals surface area (Å²) in [5.74, 6) is 0. The van der Waals surface area contributed by atoms with Crippen molar-refractivity contribution in [1.82, 2.24) is 0 Å². The maximum absolute atomic E-state index is 2.55. The molecular weight excluding hydrogens is 697 g/mol. The second-order valence-electron chi connectivity index (χ2n) is 17.1. The average molecular weight is 735 g/mol. The fourth-order valence-corrected chi connectivity index (χ4v) is 11.7. The highest BCUT2D eigenvalue weighted by Gasteiger charge is 2.51. The highest BCUT2D eigenvalue weighted by Crippen LogP contribution is 2.63. The van der Waals surface area contributed by atoms with Gasteiger partial charge in [-0.3, -0.25) is 0 Å². The molecule has 10 aromatic rings. The molecule has 3 aliphatic carbocycles. The third-order valence-corrected chi connectivity index (χ3v) is 14.1. The third-order valence-electron chi connectivity index (χ3n) is 14.1. The monoisotopic (exact) mass is 734 g/mol. The molecule has 0 fully saturated rings. The highest BCUT2D eigenvalue weighted by atomic mass is 14.5. The minimum Gasteiger partial charge on any atom is -0.0619 e. The van der Waals surface area contributed by atoms with Crippen LogP contribution in [0.4, 0.5) is 0 Å². The van der Waals surface area contributed by atoms with Crippen molar-refractivity contribution in [2.24, 2.45) is 0 Å². The predicted octanol–water partition coefficient (Wildman–Crippen LogP) is 15.1. The lowest BCUT2D eigenvalue weighted by Gasteiger charge is -2.31. The van der Waals surface area contributed by atoms with Crippen LogP contribution in [-0.4, -0.2) is 0 Å². The first-order valence-corrected chi connectivity index (χ1v) is 20.6. The van der Waals surface area contributed by atoms with Gasteiger partial charge in [-0.05, 0) is 133 Å². The van der Waals surface area contributed by atoms with Gasteiger partial charge in [0.25, 0.3) is 0 Å². The fourth-order valence-electron chi connectivity index (χ4n) is 11.7. The van der Waals surface area contributed by atoms with E-state index in [9.17, 15) is 0 Å². The summed E-state index contributed by atoms with van der Waals surface area (Å²) >= 11 is 0. The van der Waals surface area contributed by atoms with Crippen LogP contribution < -0.4 is 0 Å². The summed E-state index contributed by atoms with van der Waals surface area (Å²) < 4.78 is 0. The van der Waals surface area contributed by atoms with Crippen LogP contribution in [-0.2, 0) is 10.8 Å². The maximum Gasteiger partial charge on any atom is 0.0725 e. The van der Waals surface area contributed by atoms with Crippen molar-refractivity contribution in [2.75, 3.05) is 0 Å². The molecule has 0 nitrogen and oxygen atoms in total. The molecule has 0 radical (unpaired) electrons. The second-order valence-corrected chi connectivity index (χ2v) is 17.1. The first-order valence-electron chi connectivity index (χ1n) is 20.6. The number of rotatable bonds is 2. The molecule has 0 saturated heterocycles. The summed E-state index contributed by atoms with van der Waals surface area (Å²) in [6.45, 7) is 4.80. The summed E-state index contributed by atoms with van der Waals surface area (Å²) in [5.41, 5.74) is 21.0. The van der Waals surface area contributed by atoms with Gasteiger partial charge in [0.2, 0.25) is 0 Å². The number of hydrogen-bond acceptors (Lipinski definition) is 0. The molecule has 0 N–H and O–H groups in total.